The molecule has 1 N–H and O–H groups in total. The number of aromatic nitrogens is 1. The summed E-state index contributed by atoms with van der Waals surface area (Å²) < 4.78 is 6.33. The second kappa shape index (κ2) is 6.50. The lowest BCUT2D eigenvalue weighted by Gasteiger charge is -2.10. The summed E-state index contributed by atoms with van der Waals surface area (Å²) in [4.78, 5) is 21.8. The molecule has 100 valence electrons. The van der Waals surface area contributed by atoms with Crippen molar-refractivity contribution < 1.29 is 14.5 Å². The molecular formula is C10H14BrN3O4. The maximum Gasteiger partial charge on any atom is 0.287 e. The van der Waals surface area contributed by atoms with E-state index >= 15 is 0 Å². The third kappa shape index (κ3) is 3.81. The molecule has 8 heteroatoms. The van der Waals surface area contributed by atoms with Gasteiger partial charge >= 0.3 is 0 Å². The van der Waals surface area contributed by atoms with Crippen molar-refractivity contribution in [3.63, 3.8) is 0 Å². The van der Waals surface area contributed by atoms with Crippen molar-refractivity contribution in [2.45, 2.75) is 4.83 Å². The van der Waals surface area contributed by atoms with Crippen LogP contribution in [0.1, 0.15) is 10.5 Å². The Balaban J connectivity index is 2.64. The molecule has 1 unspecified atom stereocenters. The van der Waals surface area contributed by atoms with Crippen LogP contribution in [0.25, 0.3) is 0 Å². The smallest absolute Gasteiger partial charge is 0.287 e. The van der Waals surface area contributed by atoms with Crippen LogP contribution in [-0.4, -0.2) is 40.5 Å². The normalized spacial score (nSPS) is 12.2. The molecule has 1 aromatic heterocycles. The summed E-state index contributed by atoms with van der Waals surface area (Å²) in [6.07, 6.45) is 1.30. The molecule has 1 atom stereocenters. The van der Waals surface area contributed by atoms with Gasteiger partial charge in [-0.25, -0.2) is 0 Å². The van der Waals surface area contributed by atoms with Crippen LogP contribution in [0.2, 0.25) is 0 Å². The highest BCUT2D eigenvalue weighted by Crippen LogP contribution is 2.15. The molecule has 0 aromatic carbocycles. The minimum Gasteiger partial charge on any atom is -0.383 e. The molecule has 0 bridgehead atoms. The van der Waals surface area contributed by atoms with Gasteiger partial charge in [0.1, 0.15) is 5.69 Å². The molecular weight excluding hydrogens is 306 g/mol. The van der Waals surface area contributed by atoms with Crippen LogP contribution >= 0.6 is 15.9 Å². The van der Waals surface area contributed by atoms with Gasteiger partial charge in [-0.15, -0.1) is 0 Å². The van der Waals surface area contributed by atoms with Crippen LogP contribution in [0.3, 0.4) is 0 Å². The van der Waals surface area contributed by atoms with Gasteiger partial charge in [0.25, 0.3) is 11.6 Å². The number of rotatable bonds is 6. The number of nitro groups is 1. The van der Waals surface area contributed by atoms with Crippen molar-refractivity contribution in [1.82, 2.24) is 9.88 Å². The number of carbonyl (C=O) groups excluding carboxylic acids is 1. The van der Waals surface area contributed by atoms with Gasteiger partial charge in [-0.05, 0) is 0 Å². The summed E-state index contributed by atoms with van der Waals surface area (Å²) in [6.45, 7) is 0.846. The van der Waals surface area contributed by atoms with E-state index < -0.39 is 4.92 Å². The number of hydrogen-bond donors (Lipinski definition) is 1. The molecule has 0 fully saturated rings. The second-order valence-electron chi connectivity index (χ2n) is 3.71. The van der Waals surface area contributed by atoms with Gasteiger partial charge in [0.05, 0.1) is 22.6 Å². The minimum absolute atomic E-state index is 0.00158. The highest BCUT2D eigenvalue weighted by Gasteiger charge is 2.17. The Kier molecular flexibility index (Phi) is 5.29. The molecule has 0 aliphatic heterocycles. The van der Waals surface area contributed by atoms with E-state index in [4.69, 9.17) is 4.74 Å². The van der Waals surface area contributed by atoms with Crippen LogP contribution in [0, 0.1) is 10.1 Å². The number of ether oxygens (including phenoxy) is 1. The Morgan fingerprint density at radius 1 is 1.72 bits per heavy atom. The van der Waals surface area contributed by atoms with Crippen molar-refractivity contribution in [1.29, 1.82) is 0 Å². The van der Waals surface area contributed by atoms with Gasteiger partial charge in [-0.2, -0.15) is 0 Å². The lowest BCUT2D eigenvalue weighted by molar-refractivity contribution is -0.384. The fourth-order valence-electron chi connectivity index (χ4n) is 1.41. The first-order valence-corrected chi connectivity index (χ1v) is 6.09. The summed E-state index contributed by atoms with van der Waals surface area (Å²) in [6, 6.07) is 1.24. The van der Waals surface area contributed by atoms with E-state index in [1.54, 1.807) is 14.2 Å². The zero-order chi connectivity index (χ0) is 13.7. The van der Waals surface area contributed by atoms with Gasteiger partial charge in [0.2, 0.25) is 0 Å². The van der Waals surface area contributed by atoms with E-state index in [0.717, 1.165) is 0 Å². The molecule has 0 saturated heterocycles. The lowest BCUT2D eigenvalue weighted by atomic mass is 10.3. The SMILES string of the molecule is COCC(Br)CNC(=O)c1cc([N+](=O)[O-])cn1C. The van der Waals surface area contributed by atoms with Gasteiger partial charge in [-0.3, -0.25) is 14.9 Å². The molecule has 0 saturated carbocycles. The molecule has 7 nitrogen and oxygen atoms in total. The van der Waals surface area contributed by atoms with Crippen LogP contribution < -0.4 is 5.32 Å². The number of hydrogen-bond acceptors (Lipinski definition) is 4. The minimum atomic E-state index is -0.533. The van der Waals surface area contributed by atoms with Crippen molar-refractivity contribution in [3.05, 3.63) is 28.1 Å². The maximum atomic E-state index is 11.8. The Bertz CT molecular complexity index is 446. The van der Waals surface area contributed by atoms with Crippen LogP contribution in [0.15, 0.2) is 12.3 Å². The average molecular weight is 320 g/mol. The molecule has 0 aliphatic rings. The van der Waals surface area contributed by atoms with Crippen molar-refractivity contribution in [2.75, 3.05) is 20.3 Å². The molecule has 0 aliphatic carbocycles. The first kappa shape index (κ1) is 14.7. The van der Waals surface area contributed by atoms with Crippen LogP contribution in [0.5, 0.6) is 0 Å². The van der Waals surface area contributed by atoms with E-state index in [0.29, 0.717) is 13.2 Å². The predicted molar refractivity (Wildman–Crippen MR) is 69.0 cm³/mol. The summed E-state index contributed by atoms with van der Waals surface area (Å²) in [7, 11) is 3.15. The van der Waals surface area contributed by atoms with Crippen LogP contribution in [-0.2, 0) is 11.8 Å². The van der Waals surface area contributed by atoms with E-state index in [9.17, 15) is 14.9 Å². The second-order valence-corrected chi connectivity index (χ2v) is 5.01. The molecule has 1 rings (SSSR count). The zero-order valence-electron chi connectivity index (χ0n) is 10.1. The van der Waals surface area contributed by atoms with Crippen molar-refractivity contribution >= 4 is 27.5 Å². The van der Waals surface area contributed by atoms with E-state index in [-0.39, 0.29) is 22.1 Å². The number of nitrogens with zero attached hydrogens (tertiary/aromatic N) is 2. The number of methoxy groups -OCH3 is 1. The molecule has 0 radical (unpaired) electrons. The quantitative estimate of drug-likeness (QED) is 0.483. The Morgan fingerprint density at radius 2 is 2.39 bits per heavy atom. The number of alkyl halides is 1. The highest BCUT2D eigenvalue weighted by atomic mass is 79.9. The maximum absolute atomic E-state index is 11.8. The van der Waals surface area contributed by atoms with Gasteiger partial charge in [0.15, 0.2) is 0 Å². The largest absolute Gasteiger partial charge is 0.383 e. The van der Waals surface area contributed by atoms with E-state index in [1.807, 2.05) is 0 Å². The highest BCUT2D eigenvalue weighted by molar-refractivity contribution is 9.09. The number of halogens is 1. The summed E-state index contributed by atoms with van der Waals surface area (Å²) in [5.41, 5.74) is 0.147. The Hall–Kier alpha value is -1.41. The van der Waals surface area contributed by atoms with Gasteiger partial charge in [-0.1, -0.05) is 15.9 Å². The lowest BCUT2D eigenvalue weighted by Crippen LogP contribution is -2.32. The standard InChI is InChI=1S/C10H14BrN3O4/c1-13-5-8(14(16)17)3-9(13)10(15)12-4-7(11)6-18-2/h3,5,7H,4,6H2,1-2H3,(H,12,15). The van der Waals surface area contributed by atoms with E-state index in [2.05, 4.69) is 21.2 Å². The van der Waals surface area contributed by atoms with Gasteiger partial charge in [0, 0.05) is 26.8 Å². The number of aryl methyl sites for hydroxylation is 1. The third-order valence-electron chi connectivity index (χ3n) is 2.27. The third-order valence-corrected chi connectivity index (χ3v) is 2.85. The zero-order valence-corrected chi connectivity index (χ0v) is 11.6. The molecule has 1 aromatic rings. The van der Waals surface area contributed by atoms with Crippen molar-refractivity contribution in [2.24, 2.45) is 7.05 Å². The summed E-state index contributed by atoms with van der Waals surface area (Å²) in [5, 5.41) is 13.2. The Morgan fingerprint density at radius 3 is 2.89 bits per heavy atom. The molecule has 18 heavy (non-hydrogen) atoms. The molecule has 1 heterocycles. The van der Waals surface area contributed by atoms with Gasteiger partial charge < -0.3 is 14.6 Å². The van der Waals surface area contributed by atoms with Crippen molar-refractivity contribution in [3.8, 4) is 0 Å². The molecule has 0 spiro atoms. The summed E-state index contributed by atoms with van der Waals surface area (Å²) >= 11 is 3.33. The predicted octanol–water partition coefficient (Wildman–Crippen LogP) is 1.07. The van der Waals surface area contributed by atoms with Crippen LogP contribution in [0.4, 0.5) is 5.69 Å². The summed E-state index contributed by atoms with van der Waals surface area (Å²) in [5.74, 6) is -0.355. The first-order chi connectivity index (χ1) is 8.45. The van der Waals surface area contributed by atoms with E-state index in [1.165, 1.54) is 16.8 Å². The first-order valence-electron chi connectivity index (χ1n) is 5.17. The number of nitrogens with one attached hydrogen (secondary N) is 1. The monoisotopic (exact) mass is 319 g/mol. The topological polar surface area (TPSA) is 86.4 Å². The molecule has 1 amide bonds. The fourth-order valence-corrected chi connectivity index (χ4v) is 1.83. The fraction of sp³-hybridized carbons (Fsp3) is 0.500. The average Bonchev–Trinajstić information content (AvgIpc) is 2.69. The Labute approximate surface area is 112 Å². The number of amides is 1. The number of carbonyl (C=O) groups is 1.